The van der Waals surface area contributed by atoms with E-state index in [1.165, 1.54) is 0 Å². The van der Waals surface area contributed by atoms with E-state index in [9.17, 15) is 4.79 Å². The molecule has 1 fully saturated rings. The number of methoxy groups -OCH3 is 1. The van der Waals surface area contributed by atoms with Gasteiger partial charge in [-0.15, -0.1) is 0 Å². The highest BCUT2D eigenvalue weighted by Crippen LogP contribution is 2.34. The van der Waals surface area contributed by atoms with Crippen molar-refractivity contribution in [2.75, 3.05) is 20.3 Å². The molecular weight excluding hydrogens is 272 g/mol. The quantitative estimate of drug-likeness (QED) is 0.252. The third kappa shape index (κ3) is 3.51. The first-order chi connectivity index (χ1) is 10.2. The van der Waals surface area contributed by atoms with Crippen molar-refractivity contribution >= 4 is 5.91 Å². The zero-order valence-corrected chi connectivity index (χ0v) is 12.3. The minimum absolute atomic E-state index is 0.0365. The van der Waals surface area contributed by atoms with Crippen molar-refractivity contribution in [3.05, 3.63) is 29.8 Å². The molecule has 0 aliphatic carbocycles. The maximum absolute atomic E-state index is 12.0. The summed E-state index contributed by atoms with van der Waals surface area (Å²) >= 11 is 0. The van der Waals surface area contributed by atoms with Crippen LogP contribution in [0.1, 0.15) is 18.5 Å². The van der Waals surface area contributed by atoms with Crippen molar-refractivity contribution in [2.24, 2.45) is 11.8 Å². The van der Waals surface area contributed by atoms with Gasteiger partial charge in [-0.2, -0.15) is 0 Å². The lowest BCUT2D eigenvalue weighted by molar-refractivity contribution is -0.125. The van der Waals surface area contributed by atoms with Gasteiger partial charge in [0.2, 0.25) is 5.91 Å². The number of nitrogens with one attached hydrogen (secondary N) is 3. The first kappa shape index (κ1) is 15.7. The van der Waals surface area contributed by atoms with E-state index in [-0.39, 0.29) is 23.9 Å². The van der Waals surface area contributed by atoms with Gasteiger partial charge in [-0.1, -0.05) is 18.2 Å². The van der Waals surface area contributed by atoms with Gasteiger partial charge in [0, 0.05) is 18.7 Å². The van der Waals surface area contributed by atoms with Crippen LogP contribution in [0.2, 0.25) is 0 Å². The standard InChI is InChI=1S/C14H22N4O3/c1-9-12(14(19)16-15)13(18-17-9)10-5-3-4-6-11(10)21-8-7-20-2/h3-6,9,12-13,17-18H,7-8,15H2,1-2H3,(H,16,19). The molecule has 3 atom stereocenters. The van der Waals surface area contributed by atoms with E-state index in [4.69, 9.17) is 15.3 Å². The summed E-state index contributed by atoms with van der Waals surface area (Å²) in [5, 5.41) is 0. The van der Waals surface area contributed by atoms with E-state index in [1.807, 2.05) is 31.2 Å². The molecule has 1 aliphatic rings. The minimum Gasteiger partial charge on any atom is -0.491 e. The molecule has 1 saturated heterocycles. The van der Waals surface area contributed by atoms with Gasteiger partial charge in [0.05, 0.1) is 18.6 Å². The average molecular weight is 294 g/mol. The number of ether oxygens (including phenoxy) is 2. The van der Waals surface area contributed by atoms with Crippen LogP contribution in [0, 0.1) is 5.92 Å². The molecule has 1 aliphatic heterocycles. The van der Waals surface area contributed by atoms with Gasteiger partial charge in [0.15, 0.2) is 0 Å². The Labute approximate surface area is 124 Å². The first-order valence-corrected chi connectivity index (χ1v) is 6.91. The van der Waals surface area contributed by atoms with Gasteiger partial charge in [0.25, 0.3) is 0 Å². The van der Waals surface area contributed by atoms with Crippen LogP contribution in [0.4, 0.5) is 0 Å². The van der Waals surface area contributed by atoms with Crippen LogP contribution in [0.25, 0.3) is 0 Å². The highest BCUT2D eigenvalue weighted by Gasteiger charge is 2.40. The molecule has 3 unspecified atom stereocenters. The summed E-state index contributed by atoms with van der Waals surface area (Å²) in [7, 11) is 1.63. The molecule has 1 aromatic carbocycles. The van der Waals surface area contributed by atoms with Crippen molar-refractivity contribution in [2.45, 2.75) is 19.0 Å². The molecule has 1 aromatic rings. The monoisotopic (exact) mass is 294 g/mol. The summed E-state index contributed by atoms with van der Waals surface area (Å²) in [6.07, 6.45) is 0. The molecule has 0 aromatic heterocycles. The molecule has 1 amide bonds. The second kappa shape index (κ2) is 7.37. The fourth-order valence-electron chi connectivity index (χ4n) is 2.54. The molecule has 21 heavy (non-hydrogen) atoms. The van der Waals surface area contributed by atoms with Crippen molar-refractivity contribution in [3.63, 3.8) is 0 Å². The summed E-state index contributed by atoms with van der Waals surface area (Å²) in [6, 6.07) is 7.40. The molecule has 0 bridgehead atoms. The van der Waals surface area contributed by atoms with E-state index in [0.717, 1.165) is 11.3 Å². The van der Waals surface area contributed by atoms with Gasteiger partial charge in [-0.05, 0) is 13.0 Å². The minimum atomic E-state index is -0.317. The SMILES string of the molecule is COCCOc1ccccc1C1NNC(C)C1C(=O)NN. The molecule has 0 saturated carbocycles. The number of hydrazine groups is 2. The molecule has 2 rings (SSSR count). The van der Waals surface area contributed by atoms with Crippen LogP contribution < -0.4 is 26.9 Å². The maximum atomic E-state index is 12.0. The lowest BCUT2D eigenvalue weighted by Crippen LogP contribution is -2.41. The fraction of sp³-hybridized carbons (Fsp3) is 0.500. The van der Waals surface area contributed by atoms with Crippen LogP contribution >= 0.6 is 0 Å². The molecule has 0 radical (unpaired) electrons. The molecule has 5 N–H and O–H groups in total. The molecular formula is C14H22N4O3. The highest BCUT2D eigenvalue weighted by molar-refractivity contribution is 5.80. The van der Waals surface area contributed by atoms with Crippen molar-refractivity contribution in [1.29, 1.82) is 0 Å². The molecule has 7 heteroatoms. The number of nitrogens with two attached hydrogens (primary N) is 1. The Morgan fingerprint density at radius 2 is 2.10 bits per heavy atom. The Balaban J connectivity index is 2.21. The Morgan fingerprint density at radius 3 is 2.81 bits per heavy atom. The van der Waals surface area contributed by atoms with E-state index < -0.39 is 0 Å². The summed E-state index contributed by atoms with van der Waals surface area (Å²) in [5.74, 6) is 5.49. The van der Waals surface area contributed by atoms with E-state index in [0.29, 0.717) is 13.2 Å². The molecule has 0 spiro atoms. The normalized spacial score (nSPS) is 24.8. The van der Waals surface area contributed by atoms with Crippen LogP contribution in [-0.2, 0) is 9.53 Å². The summed E-state index contributed by atoms with van der Waals surface area (Å²) in [5.41, 5.74) is 9.37. The number of hydrogen-bond acceptors (Lipinski definition) is 6. The van der Waals surface area contributed by atoms with E-state index in [1.54, 1.807) is 7.11 Å². The summed E-state index contributed by atoms with van der Waals surface area (Å²) in [6.45, 7) is 2.89. The summed E-state index contributed by atoms with van der Waals surface area (Å²) in [4.78, 5) is 12.0. The van der Waals surface area contributed by atoms with Crippen molar-refractivity contribution < 1.29 is 14.3 Å². The number of rotatable bonds is 6. The van der Waals surface area contributed by atoms with Gasteiger partial charge in [-0.25, -0.2) is 11.3 Å². The lowest BCUT2D eigenvalue weighted by atomic mass is 9.89. The zero-order valence-electron chi connectivity index (χ0n) is 12.3. The van der Waals surface area contributed by atoms with Gasteiger partial charge in [-0.3, -0.25) is 15.6 Å². The van der Waals surface area contributed by atoms with Gasteiger partial charge >= 0.3 is 0 Å². The first-order valence-electron chi connectivity index (χ1n) is 6.91. The number of carbonyl (C=O) groups excluding carboxylic acids is 1. The topological polar surface area (TPSA) is 97.6 Å². The summed E-state index contributed by atoms with van der Waals surface area (Å²) < 4.78 is 10.7. The predicted molar refractivity (Wildman–Crippen MR) is 78.1 cm³/mol. The second-order valence-electron chi connectivity index (χ2n) is 4.97. The van der Waals surface area contributed by atoms with E-state index in [2.05, 4.69) is 16.3 Å². The molecule has 1 heterocycles. The highest BCUT2D eigenvalue weighted by atomic mass is 16.5. The number of benzene rings is 1. The van der Waals surface area contributed by atoms with E-state index >= 15 is 0 Å². The van der Waals surface area contributed by atoms with Gasteiger partial charge < -0.3 is 9.47 Å². The Kier molecular flexibility index (Phi) is 5.51. The third-order valence-corrected chi connectivity index (χ3v) is 3.61. The van der Waals surface area contributed by atoms with Crippen molar-refractivity contribution in [3.8, 4) is 5.75 Å². The number of para-hydroxylation sites is 1. The largest absolute Gasteiger partial charge is 0.491 e. The average Bonchev–Trinajstić information content (AvgIpc) is 2.89. The second-order valence-corrected chi connectivity index (χ2v) is 4.97. The Bertz CT molecular complexity index is 483. The number of hydrogen-bond donors (Lipinski definition) is 4. The number of carbonyl (C=O) groups is 1. The fourth-order valence-corrected chi connectivity index (χ4v) is 2.54. The Hall–Kier alpha value is -1.67. The van der Waals surface area contributed by atoms with Crippen LogP contribution in [0.3, 0.4) is 0 Å². The third-order valence-electron chi connectivity index (χ3n) is 3.61. The maximum Gasteiger partial charge on any atom is 0.240 e. The van der Waals surface area contributed by atoms with Crippen LogP contribution in [0.15, 0.2) is 24.3 Å². The number of amides is 1. The Morgan fingerprint density at radius 1 is 1.33 bits per heavy atom. The lowest BCUT2D eigenvalue weighted by Gasteiger charge is -2.21. The molecule has 116 valence electrons. The predicted octanol–water partition coefficient (Wildman–Crippen LogP) is -0.145. The smallest absolute Gasteiger partial charge is 0.240 e. The molecule has 7 nitrogen and oxygen atoms in total. The van der Waals surface area contributed by atoms with Gasteiger partial charge in [0.1, 0.15) is 12.4 Å². The van der Waals surface area contributed by atoms with Crippen LogP contribution in [0.5, 0.6) is 5.75 Å². The zero-order chi connectivity index (χ0) is 15.2. The van der Waals surface area contributed by atoms with Crippen LogP contribution in [-0.4, -0.2) is 32.3 Å². The van der Waals surface area contributed by atoms with Crippen molar-refractivity contribution in [1.82, 2.24) is 16.3 Å².